The Balaban J connectivity index is 2.17. The van der Waals surface area contributed by atoms with Crippen LogP contribution in [-0.4, -0.2) is 24.5 Å². The summed E-state index contributed by atoms with van der Waals surface area (Å²) in [5, 5.41) is 0.0662. The van der Waals surface area contributed by atoms with Crippen LogP contribution in [0.1, 0.15) is 24.5 Å². The maximum absolute atomic E-state index is 13.0. The van der Waals surface area contributed by atoms with Crippen molar-refractivity contribution in [3.05, 3.63) is 40.8 Å². The van der Waals surface area contributed by atoms with Crippen molar-refractivity contribution in [3.8, 4) is 0 Å². The highest BCUT2D eigenvalue weighted by Gasteiger charge is 2.34. The molecule has 22 heavy (non-hydrogen) atoms. The van der Waals surface area contributed by atoms with Gasteiger partial charge in [0.2, 0.25) is 5.03 Å². The number of benzene rings is 1. The molecule has 1 aromatic heterocycles. The van der Waals surface area contributed by atoms with E-state index < -0.39 is 10.0 Å². The number of anilines is 1. The number of para-hydroxylation sites is 1. The molecule has 2 aromatic rings. The van der Waals surface area contributed by atoms with Gasteiger partial charge in [-0.15, -0.1) is 0 Å². The highest BCUT2D eigenvalue weighted by Crippen LogP contribution is 2.36. The van der Waals surface area contributed by atoms with Crippen LogP contribution in [0.4, 0.5) is 5.69 Å². The summed E-state index contributed by atoms with van der Waals surface area (Å²) in [4.78, 5) is 3.99. The van der Waals surface area contributed by atoms with E-state index in [9.17, 15) is 8.42 Å². The predicted molar refractivity (Wildman–Crippen MR) is 86.9 cm³/mol. The summed E-state index contributed by atoms with van der Waals surface area (Å²) in [6, 6.07) is 5.96. The van der Waals surface area contributed by atoms with Crippen molar-refractivity contribution < 1.29 is 8.42 Å². The summed E-state index contributed by atoms with van der Waals surface area (Å²) in [6.07, 6.45) is 3.89. The van der Waals surface area contributed by atoms with Crippen LogP contribution in [0.5, 0.6) is 0 Å². The normalized spacial score (nSPS) is 15.0. The van der Waals surface area contributed by atoms with Crippen LogP contribution in [-0.2, 0) is 29.9 Å². The van der Waals surface area contributed by atoms with Gasteiger partial charge in [-0.3, -0.25) is 4.31 Å². The van der Waals surface area contributed by atoms with E-state index in [0.29, 0.717) is 6.54 Å². The second-order valence-electron chi connectivity index (χ2n) is 5.41. The van der Waals surface area contributed by atoms with E-state index in [0.717, 1.165) is 36.1 Å². The number of imidazole rings is 1. The van der Waals surface area contributed by atoms with Gasteiger partial charge < -0.3 is 4.57 Å². The van der Waals surface area contributed by atoms with Crippen LogP contribution in [0.15, 0.2) is 29.6 Å². The summed E-state index contributed by atoms with van der Waals surface area (Å²) in [7, 11) is -2.07. The van der Waals surface area contributed by atoms with E-state index in [1.807, 2.05) is 25.1 Å². The van der Waals surface area contributed by atoms with E-state index >= 15 is 0 Å². The van der Waals surface area contributed by atoms with E-state index in [-0.39, 0.29) is 10.2 Å². The number of hydrogen-bond acceptors (Lipinski definition) is 3. The second kappa shape index (κ2) is 5.59. The van der Waals surface area contributed by atoms with Crippen molar-refractivity contribution in [3.63, 3.8) is 0 Å². The van der Waals surface area contributed by atoms with Crippen LogP contribution in [0, 0.1) is 0 Å². The molecule has 0 aliphatic carbocycles. The van der Waals surface area contributed by atoms with Gasteiger partial charge in [0.25, 0.3) is 10.0 Å². The van der Waals surface area contributed by atoms with Gasteiger partial charge in [-0.2, -0.15) is 8.42 Å². The molecule has 1 aliphatic rings. The first-order chi connectivity index (χ1) is 10.5. The first kappa shape index (κ1) is 15.4. The number of halogens is 1. The molecule has 0 spiro atoms. The lowest BCUT2D eigenvalue weighted by molar-refractivity contribution is 0.583. The minimum atomic E-state index is -3.75. The van der Waals surface area contributed by atoms with Crippen LogP contribution in [0.3, 0.4) is 0 Å². The quantitative estimate of drug-likeness (QED) is 0.864. The third-order valence-electron chi connectivity index (χ3n) is 4.01. The van der Waals surface area contributed by atoms with Gasteiger partial charge in [-0.05, 0) is 30.4 Å². The smallest absolute Gasteiger partial charge is 0.284 e. The van der Waals surface area contributed by atoms with Crippen LogP contribution in [0.25, 0.3) is 0 Å². The second-order valence-corrected chi connectivity index (χ2v) is 7.55. The molecule has 0 unspecified atom stereocenters. The van der Waals surface area contributed by atoms with Crippen molar-refractivity contribution in [2.45, 2.75) is 31.2 Å². The first-order valence-corrected chi connectivity index (χ1v) is 9.09. The van der Waals surface area contributed by atoms with Crippen molar-refractivity contribution in [2.75, 3.05) is 10.8 Å². The van der Waals surface area contributed by atoms with Crippen molar-refractivity contribution in [2.24, 2.45) is 7.05 Å². The lowest BCUT2D eigenvalue weighted by Gasteiger charge is -2.31. The Bertz CT molecular complexity index is 800. The van der Waals surface area contributed by atoms with Gasteiger partial charge in [-0.25, -0.2) is 4.98 Å². The Morgan fingerprint density at radius 1 is 1.36 bits per heavy atom. The highest BCUT2D eigenvalue weighted by atomic mass is 35.5. The molecule has 0 N–H and O–H groups in total. The average molecular weight is 340 g/mol. The summed E-state index contributed by atoms with van der Waals surface area (Å²) in [5.74, 6) is 0. The number of sulfonamides is 1. The average Bonchev–Trinajstić information content (AvgIpc) is 2.86. The molecule has 3 rings (SSSR count). The summed E-state index contributed by atoms with van der Waals surface area (Å²) in [6.45, 7) is 2.49. The predicted octanol–water partition coefficient (Wildman–Crippen LogP) is 2.78. The molecule has 0 amide bonds. The zero-order valence-corrected chi connectivity index (χ0v) is 14.2. The molecule has 0 saturated heterocycles. The molecule has 0 fully saturated rings. The van der Waals surface area contributed by atoms with Gasteiger partial charge in [0, 0.05) is 13.6 Å². The largest absolute Gasteiger partial charge is 0.324 e. The van der Waals surface area contributed by atoms with Crippen LogP contribution < -0.4 is 4.31 Å². The highest BCUT2D eigenvalue weighted by molar-refractivity contribution is 7.92. The Morgan fingerprint density at radius 2 is 2.14 bits per heavy atom. The van der Waals surface area contributed by atoms with Gasteiger partial charge >= 0.3 is 0 Å². The number of hydrogen-bond donors (Lipinski definition) is 0. The molecular weight excluding hydrogens is 322 g/mol. The van der Waals surface area contributed by atoms with Gasteiger partial charge in [0.05, 0.1) is 12.0 Å². The lowest BCUT2D eigenvalue weighted by Crippen LogP contribution is -2.36. The molecule has 0 saturated carbocycles. The molecule has 118 valence electrons. The maximum atomic E-state index is 13.0. The van der Waals surface area contributed by atoms with E-state index in [1.165, 1.54) is 15.2 Å². The fourth-order valence-corrected chi connectivity index (χ4v) is 4.86. The Kier molecular flexibility index (Phi) is 3.91. The zero-order valence-electron chi connectivity index (χ0n) is 12.6. The molecule has 0 bridgehead atoms. The van der Waals surface area contributed by atoms with Crippen LogP contribution >= 0.6 is 11.6 Å². The van der Waals surface area contributed by atoms with Crippen molar-refractivity contribution >= 4 is 27.3 Å². The SMILES string of the molecule is CCc1cccc2c1N(S(=O)(=O)c1ncn(C)c1Cl)CCC2. The zero-order chi connectivity index (χ0) is 15.9. The molecule has 5 nitrogen and oxygen atoms in total. The minimum absolute atomic E-state index is 0.0737. The number of aromatic nitrogens is 2. The first-order valence-electron chi connectivity index (χ1n) is 7.27. The number of nitrogens with zero attached hydrogens (tertiary/aromatic N) is 3. The van der Waals surface area contributed by atoms with Crippen LogP contribution in [0.2, 0.25) is 5.15 Å². The third-order valence-corrected chi connectivity index (χ3v) is 6.30. The fourth-order valence-electron chi connectivity index (χ4n) is 2.89. The molecular formula is C15H18ClN3O2S. The molecule has 0 atom stereocenters. The van der Waals surface area contributed by atoms with Crippen molar-refractivity contribution in [1.82, 2.24) is 9.55 Å². The Labute approximate surface area is 135 Å². The number of rotatable bonds is 3. The Hall–Kier alpha value is -1.53. The Morgan fingerprint density at radius 3 is 2.77 bits per heavy atom. The van der Waals surface area contributed by atoms with Gasteiger partial charge in [-0.1, -0.05) is 36.7 Å². The topological polar surface area (TPSA) is 55.2 Å². The maximum Gasteiger partial charge on any atom is 0.284 e. The fraction of sp³-hybridized carbons (Fsp3) is 0.400. The summed E-state index contributed by atoms with van der Waals surface area (Å²) >= 11 is 6.11. The molecule has 1 aromatic carbocycles. The minimum Gasteiger partial charge on any atom is -0.324 e. The van der Waals surface area contributed by atoms with E-state index in [4.69, 9.17) is 11.6 Å². The molecule has 1 aliphatic heterocycles. The third kappa shape index (κ3) is 2.30. The number of fused-ring (bicyclic) bond motifs is 1. The van der Waals surface area contributed by atoms with E-state index in [2.05, 4.69) is 4.98 Å². The monoisotopic (exact) mass is 339 g/mol. The van der Waals surface area contributed by atoms with E-state index in [1.54, 1.807) is 7.05 Å². The summed E-state index contributed by atoms with van der Waals surface area (Å²) in [5.41, 5.74) is 2.91. The van der Waals surface area contributed by atoms with Gasteiger partial charge in [0.1, 0.15) is 5.15 Å². The lowest BCUT2D eigenvalue weighted by atomic mass is 9.98. The van der Waals surface area contributed by atoms with Gasteiger partial charge in [0.15, 0.2) is 0 Å². The number of aryl methyl sites for hydroxylation is 3. The molecule has 0 radical (unpaired) electrons. The summed E-state index contributed by atoms with van der Waals surface area (Å²) < 4.78 is 29.0. The van der Waals surface area contributed by atoms with Crippen molar-refractivity contribution in [1.29, 1.82) is 0 Å². The molecule has 2 heterocycles. The standard InChI is InChI=1S/C15H18ClN3O2S/c1-3-11-6-4-7-12-8-5-9-19(13(11)12)22(20,21)15-14(16)18(2)10-17-15/h4,6-7,10H,3,5,8-9H2,1-2H3. The molecule has 7 heteroatoms.